The summed E-state index contributed by atoms with van der Waals surface area (Å²) >= 11 is 0.999. The van der Waals surface area contributed by atoms with Gasteiger partial charge in [0, 0.05) is 37.6 Å². The maximum absolute atomic E-state index is 12.7. The van der Waals surface area contributed by atoms with Gasteiger partial charge in [-0.25, -0.2) is 9.98 Å². The lowest BCUT2D eigenvalue weighted by Gasteiger charge is -2.36. The predicted molar refractivity (Wildman–Crippen MR) is 111 cm³/mol. The van der Waals surface area contributed by atoms with E-state index in [1.165, 1.54) is 38.6 Å². The van der Waals surface area contributed by atoms with Crippen molar-refractivity contribution in [1.29, 1.82) is 0 Å². The van der Waals surface area contributed by atoms with Gasteiger partial charge in [0.1, 0.15) is 5.01 Å². The van der Waals surface area contributed by atoms with Crippen LogP contribution in [0.15, 0.2) is 10.4 Å². The largest absolute Gasteiger partial charge is 0.434 e. The normalized spacial score (nSPS) is 20.8. The molecule has 1 saturated carbocycles. The third kappa shape index (κ3) is 7.13. The van der Waals surface area contributed by atoms with Gasteiger partial charge in [0.2, 0.25) is 0 Å². The lowest BCUT2D eigenvalue weighted by Crippen LogP contribution is -2.49. The van der Waals surface area contributed by atoms with Gasteiger partial charge >= 0.3 is 6.18 Å². The number of alkyl halides is 3. The predicted octanol–water partition coefficient (Wildman–Crippen LogP) is 4.26. The molecule has 0 radical (unpaired) electrons. The standard InChI is InChI=1S/C20H32F3N5S/c1-2-24-19(25-12-18-27-17(14-29-18)20(21,22)23)26-16-8-10-28(11-9-16)13-15-6-4-3-5-7-15/h14-16H,2-13H2,1H3,(H2,24,25,26). The summed E-state index contributed by atoms with van der Waals surface area (Å²) in [5.41, 5.74) is -0.837. The van der Waals surface area contributed by atoms with E-state index in [0.29, 0.717) is 23.6 Å². The van der Waals surface area contributed by atoms with Gasteiger partial charge in [-0.2, -0.15) is 13.2 Å². The number of rotatable bonds is 6. The second-order valence-corrected chi connectivity index (χ2v) is 8.99. The van der Waals surface area contributed by atoms with Crippen molar-refractivity contribution in [3.05, 3.63) is 16.1 Å². The number of nitrogens with one attached hydrogen (secondary N) is 2. The first-order valence-corrected chi connectivity index (χ1v) is 11.6. The van der Waals surface area contributed by atoms with E-state index in [2.05, 4.69) is 25.5 Å². The van der Waals surface area contributed by atoms with Gasteiger partial charge in [-0.3, -0.25) is 0 Å². The molecule has 2 N–H and O–H groups in total. The minimum atomic E-state index is -4.40. The van der Waals surface area contributed by atoms with Crippen molar-refractivity contribution in [1.82, 2.24) is 20.5 Å². The van der Waals surface area contributed by atoms with Crippen molar-refractivity contribution in [2.24, 2.45) is 10.9 Å². The number of halogens is 3. The SMILES string of the molecule is CCNC(=NCc1nc(C(F)(F)F)cs1)NC1CCN(CC2CCCCC2)CC1. The fourth-order valence-corrected chi connectivity index (χ4v) is 4.89. The third-order valence-electron chi connectivity index (χ3n) is 5.73. The summed E-state index contributed by atoms with van der Waals surface area (Å²) in [5, 5.41) is 8.07. The Morgan fingerprint density at radius 1 is 1.21 bits per heavy atom. The van der Waals surface area contributed by atoms with E-state index in [-0.39, 0.29) is 6.54 Å². The van der Waals surface area contributed by atoms with Crippen molar-refractivity contribution in [2.75, 3.05) is 26.2 Å². The number of hydrogen-bond acceptors (Lipinski definition) is 4. The molecule has 3 rings (SSSR count). The first-order chi connectivity index (χ1) is 13.9. The minimum Gasteiger partial charge on any atom is -0.357 e. The molecule has 2 heterocycles. The van der Waals surface area contributed by atoms with Gasteiger partial charge in [0.25, 0.3) is 0 Å². The van der Waals surface area contributed by atoms with Crippen LogP contribution >= 0.6 is 11.3 Å². The summed E-state index contributed by atoms with van der Waals surface area (Å²) < 4.78 is 38.1. The molecule has 0 bridgehead atoms. The molecule has 2 aliphatic rings. The van der Waals surface area contributed by atoms with Crippen LogP contribution < -0.4 is 10.6 Å². The Hall–Kier alpha value is -1.35. The lowest BCUT2D eigenvalue weighted by molar-refractivity contribution is -0.140. The summed E-state index contributed by atoms with van der Waals surface area (Å²) in [6.07, 6.45) is 4.65. The molecular weight excluding hydrogens is 399 g/mol. The summed E-state index contributed by atoms with van der Waals surface area (Å²) in [4.78, 5) is 10.7. The van der Waals surface area contributed by atoms with Crippen LogP contribution in [0.1, 0.15) is 62.6 Å². The van der Waals surface area contributed by atoms with Crippen molar-refractivity contribution < 1.29 is 13.2 Å². The highest BCUT2D eigenvalue weighted by Crippen LogP contribution is 2.30. The molecule has 164 valence electrons. The summed E-state index contributed by atoms with van der Waals surface area (Å²) in [6, 6.07) is 0.345. The zero-order valence-corrected chi connectivity index (χ0v) is 17.9. The smallest absolute Gasteiger partial charge is 0.357 e. The van der Waals surface area contributed by atoms with E-state index in [9.17, 15) is 13.2 Å². The van der Waals surface area contributed by atoms with Crippen LogP contribution in [0.5, 0.6) is 0 Å². The van der Waals surface area contributed by atoms with Gasteiger partial charge in [-0.1, -0.05) is 19.3 Å². The Labute approximate surface area is 175 Å². The highest BCUT2D eigenvalue weighted by Gasteiger charge is 2.33. The Kier molecular flexibility index (Phi) is 8.17. The highest BCUT2D eigenvalue weighted by atomic mass is 32.1. The van der Waals surface area contributed by atoms with Gasteiger partial charge in [0.05, 0.1) is 6.54 Å². The fraction of sp³-hybridized carbons (Fsp3) is 0.800. The van der Waals surface area contributed by atoms with E-state index in [4.69, 9.17) is 0 Å². The number of piperidine rings is 1. The highest BCUT2D eigenvalue weighted by molar-refractivity contribution is 7.09. The van der Waals surface area contributed by atoms with Gasteiger partial charge in [-0.05, 0) is 38.5 Å². The van der Waals surface area contributed by atoms with Crippen molar-refractivity contribution in [2.45, 2.75) is 70.6 Å². The van der Waals surface area contributed by atoms with E-state index in [0.717, 1.165) is 48.6 Å². The number of aliphatic imine (C=N–C) groups is 1. The quantitative estimate of drug-likeness (QED) is 0.522. The average Bonchev–Trinajstić information content (AvgIpc) is 3.18. The molecule has 29 heavy (non-hydrogen) atoms. The van der Waals surface area contributed by atoms with E-state index in [1.807, 2.05) is 6.92 Å². The van der Waals surface area contributed by atoms with Gasteiger partial charge in [0.15, 0.2) is 11.7 Å². The van der Waals surface area contributed by atoms with Crippen LogP contribution in [0.3, 0.4) is 0 Å². The zero-order valence-electron chi connectivity index (χ0n) is 17.1. The number of thiazole rings is 1. The van der Waals surface area contributed by atoms with Crippen LogP contribution in [-0.2, 0) is 12.7 Å². The van der Waals surface area contributed by atoms with Crippen LogP contribution in [0.4, 0.5) is 13.2 Å². The first kappa shape index (κ1) is 22.3. The first-order valence-electron chi connectivity index (χ1n) is 10.7. The van der Waals surface area contributed by atoms with Gasteiger partial charge < -0.3 is 15.5 Å². The van der Waals surface area contributed by atoms with E-state index < -0.39 is 11.9 Å². The Morgan fingerprint density at radius 2 is 1.93 bits per heavy atom. The Bertz CT molecular complexity index is 647. The molecule has 0 amide bonds. The molecule has 1 aliphatic carbocycles. The topological polar surface area (TPSA) is 52.6 Å². The molecule has 2 fully saturated rings. The molecule has 0 unspecified atom stereocenters. The molecule has 1 aromatic heterocycles. The van der Waals surface area contributed by atoms with Crippen molar-refractivity contribution in [3.8, 4) is 0 Å². The number of guanidine groups is 1. The van der Waals surface area contributed by atoms with E-state index >= 15 is 0 Å². The van der Waals surface area contributed by atoms with Gasteiger partial charge in [-0.15, -0.1) is 11.3 Å². The number of likely N-dealkylation sites (tertiary alicyclic amines) is 1. The van der Waals surface area contributed by atoms with Crippen LogP contribution in [0.2, 0.25) is 0 Å². The lowest BCUT2D eigenvalue weighted by atomic mass is 9.88. The molecule has 1 aromatic rings. The average molecular weight is 432 g/mol. The Morgan fingerprint density at radius 3 is 2.55 bits per heavy atom. The summed E-state index contributed by atoms with van der Waals surface area (Å²) in [7, 11) is 0. The summed E-state index contributed by atoms with van der Waals surface area (Å²) in [5.74, 6) is 1.52. The third-order valence-corrected chi connectivity index (χ3v) is 6.56. The second-order valence-electron chi connectivity index (χ2n) is 8.04. The van der Waals surface area contributed by atoms with Crippen LogP contribution in [0.25, 0.3) is 0 Å². The molecule has 0 spiro atoms. The molecule has 1 saturated heterocycles. The second kappa shape index (κ2) is 10.6. The number of aromatic nitrogens is 1. The number of hydrogen-bond donors (Lipinski definition) is 2. The molecule has 1 aliphatic heterocycles. The maximum Gasteiger partial charge on any atom is 0.434 e. The minimum absolute atomic E-state index is 0.149. The zero-order chi connectivity index (χ0) is 20.7. The van der Waals surface area contributed by atoms with Crippen molar-refractivity contribution in [3.63, 3.8) is 0 Å². The number of nitrogens with zero attached hydrogens (tertiary/aromatic N) is 3. The van der Waals surface area contributed by atoms with E-state index in [1.54, 1.807) is 0 Å². The summed E-state index contributed by atoms with van der Waals surface area (Å²) in [6.45, 7) is 6.25. The molecule has 0 aromatic carbocycles. The molecule has 9 heteroatoms. The van der Waals surface area contributed by atoms with Crippen LogP contribution in [0, 0.1) is 5.92 Å². The molecule has 0 atom stereocenters. The van der Waals surface area contributed by atoms with Crippen molar-refractivity contribution >= 4 is 17.3 Å². The fourth-order valence-electron chi connectivity index (χ4n) is 4.17. The molecule has 5 nitrogen and oxygen atoms in total. The van der Waals surface area contributed by atoms with Crippen LogP contribution in [-0.4, -0.2) is 48.1 Å². The monoisotopic (exact) mass is 431 g/mol. The Balaban J connectivity index is 1.46. The molecular formula is C20H32F3N5S. The maximum atomic E-state index is 12.7.